The zero-order valence-electron chi connectivity index (χ0n) is 12.0. The Kier molecular flexibility index (Phi) is 5.73. The number of amides is 1. The van der Waals surface area contributed by atoms with Crippen molar-refractivity contribution in [1.29, 1.82) is 0 Å². The molecule has 112 valence electrons. The highest BCUT2D eigenvalue weighted by Crippen LogP contribution is 2.26. The second kappa shape index (κ2) is 7.07. The van der Waals surface area contributed by atoms with Crippen LogP contribution in [0.1, 0.15) is 26.7 Å². The fourth-order valence-electron chi connectivity index (χ4n) is 2.26. The molecule has 1 rings (SSSR count). The van der Waals surface area contributed by atoms with Gasteiger partial charge in [-0.2, -0.15) is 0 Å². The first-order valence-electron chi connectivity index (χ1n) is 6.64. The molecule has 0 saturated carbocycles. The zero-order valence-corrected chi connectivity index (χ0v) is 12.0. The average molecular weight is 283 g/mol. The minimum absolute atomic E-state index is 0.131. The van der Waals surface area contributed by atoms with Gasteiger partial charge in [0.25, 0.3) is 0 Å². The SMILES string of the molecule is COC(=O)[C@@H](NC(=O)[C@@H]1CC=CC[C@@H]1C(=O)O)C(C)C. The third-order valence-corrected chi connectivity index (χ3v) is 3.51. The third kappa shape index (κ3) is 3.82. The van der Waals surface area contributed by atoms with Crippen molar-refractivity contribution in [3.8, 4) is 0 Å². The van der Waals surface area contributed by atoms with Crippen LogP contribution in [0.5, 0.6) is 0 Å². The molecule has 0 unspecified atom stereocenters. The summed E-state index contributed by atoms with van der Waals surface area (Å²) in [5.41, 5.74) is 0. The number of hydrogen-bond acceptors (Lipinski definition) is 4. The zero-order chi connectivity index (χ0) is 15.3. The summed E-state index contributed by atoms with van der Waals surface area (Å²) in [6.07, 6.45) is 4.27. The number of carboxylic acids is 1. The van der Waals surface area contributed by atoms with Gasteiger partial charge in [-0.3, -0.25) is 9.59 Å². The van der Waals surface area contributed by atoms with Crippen molar-refractivity contribution in [3.05, 3.63) is 12.2 Å². The van der Waals surface area contributed by atoms with Crippen LogP contribution in [0.3, 0.4) is 0 Å². The van der Waals surface area contributed by atoms with Crippen LogP contribution in [-0.2, 0) is 19.1 Å². The molecule has 0 bridgehead atoms. The van der Waals surface area contributed by atoms with Crippen molar-refractivity contribution in [2.24, 2.45) is 17.8 Å². The molecular formula is C14H21NO5. The molecule has 0 aromatic carbocycles. The Morgan fingerprint density at radius 3 is 2.20 bits per heavy atom. The summed E-state index contributed by atoms with van der Waals surface area (Å²) in [6.45, 7) is 3.58. The summed E-state index contributed by atoms with van der Waals surface area (Å²) < 4.78 is 4.65. The summed E-state index contributed by atoms with van der Waals surface area (Å²) in [5, 5.41) is 11.8. The predicted molar refractivity (Wildman–Crippen MR) is 71.8 cm³/mol. The van der Waals surface area contributed by atoms with E-state index >= 15 is 0 Å². The maximum absolute atomic E-state index is 12.2. The highest BCUT2D eigenvalue weighted by molar-refractivity contribution is 5.89. The number of hydrogen-bond donors (Lipinski definition) is 2. The molecule has 0 heterocycles. The van der Waals surface area contributed by atoms with Crippen LogP contribution in [0.25, 0.3) is 0 Å². The van der Waals surface area contributed by atoms with Crippen molar-refractivity contribution < 1.29 is 24.2 Å². The van der Waals surface area contributed by atoms with E-state index < -0.39 is 35.7 Å². The number of rotatable bonds is 5. The molecule has 0 saturated heterocycles. The number of aliphatic carboxylic acids is 1. The van der Waals surface area contributed by atoms with Gasteiger partial charge in [-0.15, -0.1) is 0 Å². The van der Waals surface area contributed by atoms with Gasteiger partial charge < -0.3 is 15.2 Å². The number of allylic oxidation sites excluding steroid dienone is 2. The third-order valence-electron chi connectivity index (χ3n) is 3.51. The fraction of sp³-hybridized carbons (Fsp3) is 0.643. The van der Waals surface area contributed by atoms with Gasteiger partial charge in [-0.1, -0.05) is 26.0 Å². The normalized spacial score (nSPS) is 23.2. The molecule has 0 aromatic rings. The molecular weight excluding hydrogens is 262 g/mol. The molecule has 0 aromatic heterocycles. The molecule has 6 heteroatoms. The van der Waals surface area contributed by atoms with E-state index in [9.17, 15) is 14.4 Å². The number of carbonyl (C=O) groups is 3. The van der Waals surface area contributed by atoms with Gasteiger partial charge in [0.2, 0.25) is 5.91 Å². The molecule has 0 fully saturated rings. The van der Waals surface area contributed by atoms with Crippen LogP contribution in [0, 0.1) is 17.8 Å². The Balaban J connectivity index is 2.79. The van der Waals surface area contributed by atoms with Crippen molar-refractivity contribution in [2.45, 2.75) is 32.7 Å². The number of nitrogens with one attached hydrogen (secondary N) is 1. The van der Waals surface area contributed by atoms with E-state index in [0.717, 1.165) is 0 Å². The van der Waals surface area contributed by atoms with Crippen LogP contribution in [-0.4, -0.2) is 36.1 Å². The molecule has 0 aliphatic heterocycles. The number of carbonyl (C=O) groups excluding carboxylic acids is 2. The largest absolute Gasteiger partial charge is 0.481 e. The van der Waals surface area contributed by atoms with Crippen molar-refractivity contribution >= 4 is 17.8 Å². The van der Waals surface area contributed by atoms with E-state index in [1.54, 1.807) is 26.0 Å². The van der Waals surface area contributed by atoms with Crippen LogP contribution >= 0.6 is 0 Å². The second-order valence-corrected chi connectivity index (χ2v) is 5.25. The summed E-state index contributed by atoms with van der Waals surface area (Å²) in [4.78, 5) is 35.0. The van der Waals surface area contributed by atoms with Crippen molar-refractivity contribution in [2.75, 3.05) is 7.11 Å². The molecule has 20 heavy (non-hydrogen) atoms. The molecule has 2 N–H and O–H groups in total. The van der Waals surface area contributed by atoms with Gasteiger partial charge >= 0.3 is 11.9 Å². The smallest absolute Gasteiger partial charge is 0.328 e. The summed E-state index contributed by atoms with van der Waals surface area (Å²) in [5.74, 6) is -3.45. The lowest BCUT2D eigenvalue weighted by Crippen LogP contribution is -2.49. The maximum Gasteiger partial charge on any atom is 0.328 e. The van der Waals surface area contributed by atoms with Gasteiger partial charge in [0.05, 0.1) is 18.9 Å². The van der Waals surface area contributed by atoms with Crippen LogP contribution < -0.4 is 5.32 Å². The number of esters is 1. The minimum atomic E-state index is -0.992. The van der Waals surface area contributed by atoms with E-state index in [1.807, 2.05) is 0 Å². The van der Waals surface area contributed by atoms with Gasteiger partial charge in [0.1, 0.15) is 6.04 Å². The molecule has 3 atom stereocenters. The number of carboxylic acid groups (broad SMARTS) is 1. The molecule has 1 aliphatic carbocycles. The van der Waals surface area contributed by atoms with Crippen molar-refractivity contribution in [3.63, 3.8) is 0 Å². The maximum atomic E-state index is 12.2. The first-order valence-corrected chi connectivity index (χ1v) is 6.64. The van der Waals surface area contributed by atoms with Gasteiger partial charge in [0, 0.05) is 0 Å². The van der Waals surface area contributed by atoms with Crippen LogP contribution in [0.2, 0.25) is 0 Å². The van der Waals surface area contributed by atoms with Crippen LogP contribution in [0.4, 0.5) is 0 Å². The Labute approximate surface area is 118 Å². The topological polar surface area (TPSA) is 92.7 Å². The van der Waals surface area contributed by atoms with E-state index in [1.165, 1.54) is 7.11 Å². The fourth-order valence-corrected chi connectivity index (χ4v) is 2.26. The Bertz CT molecular complexity index is 416. The number of methoxy groups -OCH3 is 1. The van der Waals surface area contributed by atoms with Gasteiger partial charge in [0.15, 0.2) is 0 Å². The quantitative estimate of drug-likeness (QED) is 0.579. The van der Waals surface area contributed by atoms with E-state index in [2.05, 4.69) is 10.1 Å². The molecule has 0 radical (unpaired) electrons. The molecule has 6 nitrogen and oxygen atoms in total. The van der Waals surface area contributed by atoms with Gasteiger partial charge in [-0.05, 0) is 18.8 Å². The Morgan fingerprint density at radius 2 is 1.75 bits per heavy atom. The van der Waals surface area contributed by atoms with E-state index in [0.29, 0.717) is 12.8 Å². The van der Waals surface area contributed by atoms with E-state index in [-0.39, 0.29) is 5.92 Å². The monoisotopic (exact) mass is 283 g/mol. The highest BCUT2D eigenvalue weighted by Gasteiger charge is 2.36. The van der Waals surface area contributed by atoms with E-state index in [4.69, 9.17) is 5.11 Å². The lowest BCUT2D eigenvalue weighted by atomic mass is 9.82. The molecule has 1 amide bonds. The summed E-state index contributed by atoms with van der Waals surface area (Å²) >= 11 is 0. The lowest BCUT2D eigenvalue weighted by Gasteiger charge is -2.27. The standard InChI is InChI=1S/C14H21NO5/c1-8(2)11(14(19)20-3)15-12(16)9-6-4-5-7-10(9)13(17)18/h4-5,8-11H,6-7H2,1-3H3,(H,15,16)(H,17,18)/t9-,10+,11+/m1/s1. The molecule has 0 spiro atoms. The lowest BCUT2D eigenvalue weighted by molar-refractivity contribution is -0.149. The average Bonchev–Trinajstić information content (AvgIpc) is 2.43. The first kappa shape index (κ1) is 16.2. The minimum Gasteiger partial charge on any atom is -0.481 e. The summed E-state index contributed by atoms with van der Waals surface area (Å²) in [7, 11) is 1.26. The van der Waals surface area contributed by atoms with Gasteiger partial charge in [-0.25, -0.2) is 4.79 Å². The first-order chi connectivity index (χ1) is 9.38. The Hall–Kier alpha value is -1.85. The Morgan fingerprint density at radius 1 is 1.20 bits per heavy atom. The second-order valence-electron chi connectivity index (χ2n) is 5.25. The number of ether oxygens (including phenoxy) is 1. The van der Waals surface area contributed by atoms with Crippen molar-refractivity contribution in [1.82, 2.24) is 5.32 Å². The predicted octanol–water partition coefficient (Wildman–Crippen LogP) is 0.967. The highest BCUT2D eigenvalue weighted by atomic mass is 16.5. The summed E-state index contributed by atoms with van der Waals surface area (Å²) in [6, 6.07) is -0.757. The van der Waals surface area contributed by atoms with Crippen LogP contribution in [0.15, 0.2) is 12.2 Å². The molecule has 1 aliphatic rings.